The minimum Gasteiger partial charge on any atom is -0.457 e. The van der Waals surface area contributed by atoms with Crippen LogP contribution >= 0.6 is 11.6 Å². The molecule has 2 rings (SSSR count). The van der Waals surface area contributed by atoms with Crippen LogP contribution < -0.4 is 0 Å². The molecule has 0 amide bonds. The minimum atomic E-state index is -0.419. The van der Waals surface area contributed by atoms with Gasteiger partial charge < -0.3 is 9.47 Å². The molecular weight excluding hydrogens is 278 g/mol. The van der Waals surface area contributed by atoms with E-state index in [2.05, 4.69) is 4.98 Å². The van der Waals surface area contributed by atoms with Gasteiger partial charge in [-0.3, -0.25) is 0 Å². The summed E-state index contributed by atoms with van der Waals surface area (Å²) in [6, 6.07) is 8.85. The summed E-state index contributed by atoms with van der Waals surface area (Å²) in [6.07, 6.45) is -0.312. The SMILES string of the molecule is CCOCC(C)OC(=O)c1cc(Cl)nc2ccccc12. The molecule has 1 unspecified atom stereocenters. The Morgan fingerprint density at radius 1 is 1.40 bits per heavy atom. The monoisotopic (exact) mass is 293 g/mol. The lowest BCUT2D eigenvalue weighted by Crippen LogP contribution is -2.20. The Bertz CT molecular complexity index is 615. The molecule has 106 valence electrons. The van der Waals surface area contributed by atoms with E-state index in [1.54, 1.807) is 6.92 Å². The summed E-state index contributed by atoms with van der Waals surface area (Å²) in [5, 5.41) is 0.999. The summed E-state index contributed by atoms with van der Waals surface area (Å²) in [5.74, 6) is -0.419. The molecule has 0 saturated carbocycles. The lowest BCUT2D eigenvalue weighted by Gasteiger charge is -2.14. The Kier molecular flexibility index (Phi) is 4.93. The fourth-order valence-corrected chi connectivity index (χ4v) is 2.08. The fraction of sp³-hybridized carbons (Fsp3) is 0.333. The maximum Gasteiger partial charge on any atom is 0.339 e. The number of esters is 1. The first-order chi connectivity index (χ1) is 9.61. The molecular formula is C15H16ClNO3. The molecule has 5 heteroatoms. The van der Waals surface area contributed by atoms with Gasteiger partial charge >= 0.3 is 5.97 Å². The Morgan fingerprint density at radius 3 is 2.90 bits per heavy atom. The first kappa shape index (κ1) is 14.8. The number of fused-ring (bicyclic) bond motifs is 1. The van der Waals surface area contributed by atoms with Crippen LogP contribution in [0, 0.1) is 0 Å². The van der Waals surface area contributed by atoms with Gasteiger partial charge in [-0.05, 0) is 26.0 Å². The molecule has 20 heavy (non-hydrogen) atoms. The van der Waals surface area contributed by atoms with E-state index in [1.807, 2.05) is 31.2 Å². The predicted molar refractivity (Wildman–Crippen MR) is 78.1 cm³/mol. The van der Waals surface area contributed by atoms with Crippen LogP contribution in [-0.4, -0.2) is 30.3 Å². The van der Waals surface area contributed by atoms with Gasteiger partial charge in [0.2, 0.25) is 0 Å². The Morgan fingerprint density at radius 2 is 2.15 bits per heavy atom. The molecule has 0 aliphatic carbocycles. The Balaban J connectivity index is 2.25. The molecule has 2 aromatic rings. The van der Waals surface area contributed by atoms with Crippen molar-refractivity contribution in [1.29, 1.82) is 0 Å². The van der Waals surface area contributed by atoms with Gasteiger partial charge in [-0.25, -0.2) is 9.78 Å². The van der Waals surface area contributed by atoms with Gasteiger partial charge in [0.05, 0.1) is 17.7 Å². The third kappa shape index (κ3) is 3.46. The smallest absolute Gasteiger partial charge is 0.339 e. The number of rotatable bonds is 5. The fourth-order valence-electron chi connectivity index (χ4n) is 1.88. The number of para-hydroxylation sites is 1. The highest BCUT2D eigenvalue weighted by Gasteiger charge is 2.16. The lowest BCUT2D eigenvalue weighted by molar-refractivity contribution is 0.00457. The van der Waals surface area contributed by atoms with Crippen molar-refractivity contribution in [2.75, 3.05) is 13.2 Å². The molecule has 0 radical (unpaired) electrons. The van der Waals surface area contributed by atoms with Gasteiger partial charge in [-0.1, -0.05) is 29.8 Å². The number of aromatic nitrogens is 1. The van der Waals surface area contributed by atoms with E-state index in [4.69, 9.17) is 21.1 Å². The van der Waals surface area contributed by atoms with Crippen LogP contribution in [-0.2, 0) is 9.47 Å². The van der Waals surface area contributed by atoms with Crippen molar-refractivity contribution in [2.45, 2.75) is 20.0 Å². The number of nitrogens with zero attached hydrogens (tertiary/aromatic N) is 1. The van der Waals surface area contributed by atoms with Crippen LogP contribution in [0.4, 0.5) is 0 Å². The maximum absolute atomic E-state index is 12.2. The zero-order valence-electron chi connectivity index (χ0n) is 11.4. The van der Waals surface area contributed by atoms with Crippen LogP contribution in [0.25, 0.3) is 10.9 Å². The summed E-state index contributed by atoms with van der Waals surface area (Å²) < 4.78 is 10.6. The summed E-state index contributed by atoms with van der Waals surface area (Å²) in [4.78, 5) is 16.4. The van der Waals surface area contributed by atoms with Crippen molar-refractivity contribution in [3.05, 3.63) is 41.0 Å². The first-order valence-electron chi connectivity index (χ1n) is 6.45. The summed E-state index contributed by atoms with van der Waals surface area (Å²) in [7, 11) is 0. The van der Waals surface area contributed by atoms with Gasteiger partial charge in [0.1, 0.15) is 11.3 Å². The topological polar surface area (TPSA) is 48.4 Å². The van der Waals surface area contributed by atoms with E-state index in [-0.39, 0.29) is 11.3 Å². The van der Waals surface area contributed by atoms with Gasteiger partial charge in [0.25, 0.3) is 0 Å². The van der Waals surface area contributed by atoms with Crippen LogP contribution in [0.1, 0.15) is 24.2 Å². The number of carbonyl (C=O) groups is 1. The normalized spacial score (nSPS) is 12.3. The number of hydrogen-bond acceptors (Lipinski definition) is 4. The zero-order valence-corrected chi connectivity index (χ0v) is 12.2. The van der Waals surface area contributed by atoms with Gasteiger partial charge in [-0.15, -0.1) is 0 Å². The third-order valence-electron chi connectivity index (χ3n) is 2.77. The number of carbonyl (C=O) groups excluding carboxylic acids is 1. The number of halogens is 1. The molecule has 0 saturated heterocycles. The number of ether oxygens (including phenoxy) is 2. The van der Waals surface area contributed by atoms with Gasteiger partial charge in [-0.2, -0.15) is 0 Å². The molecule has 1 aromatic carbocycles. The highest BCUT2D eigenvalue weighted by atomic mass is 35.5. The molecule has 0 bridgehead atoms. The third-order valence-corrected chi connectivity index (χ3v) is 2.96. The number of hydrogen-bond donors (Lipinski definition) is 0. The van der Waals surface area contributed by atoms with Crippen molar-refractivity contribution < 1.29 is 14.3 Å². The standard InChI is InChI=1S/C15H16ClNO3/c1-3-19-9-10(2)20-15(18)12-8-14(16)17-13-7-5-4-6-11(12)13/h4-8,10H,3,9H2,1-2H3. The molecule has 0 fully saturated rings. The van der Waals surface area contributed by atoms with Crippen molar-refractivity contribution in [1.82, 2.24) is 4.98 Å². The molecule has 0 spiro atoms. The molecule has 1 atom stereocenters. The molecule has 0 N–H and O–H groups in total. The Hall–Kier alpha value is -1.65. The van der Waals surface area contributed by atoms with Crippen molar-refractivity contribution in [3.8, 4) is 0 Å². The summed E-state index contributed by atoms with van der Waals surface area (Å²) >= 11 is 5.94. The second-order valence-electron chi connectivity index (χ2n) is 4.39. The number of pyridine rings is 1. The largest absolute Gasteiger partial charge is 0.457 e. The maximum atomic E-state index is 12.2. The van der Waals surface area contributed by atoms with Gasteiger partial charge in [0.15, 0.2) is 0 Å². The minimum absolute atomic E-state index is 0.271. The predicted octanol–water partition coefficient (Wildman–Crippen LogP) is 3.47. The Labute approximate surface area is 122 Å². The van der Waals surface area contributed by atoms with Crippen molar-refractivity contribution >= 4 is 28.5 Å². The van der Waals surface area contributed by atoms with Crippen LogP contribution in [0.2, 0.25) is 5.15 Å². The second kappa shape index (κ2) is 6.68. The zero-order chi connectivity index (χ0) is 14.5. The van der Waals surface area contributed by atoms with E-state index in [0.29, 0.717) is 24.3 Å². The molecule has 0 aliphatic heterocycles. The van der Waals surface area contributed by atoms with E-state index >= 15 is 0 Å². The average Bonchev–Trinajstić information content (AvgIpc) is 2.44. The highest BCUT2D eigenvalue weighted by Crippen LogP contribution is 2.21. The summed E-state index contributed by atoms with van der Waals surface area (Å²) in [5.41, 5.74) is 1.09. The average molecular weight is 294 g/mol. The van der Waals surface area contributed by atoms with Gasteiger partial charge in [0, 0.05) is 12.0 Å². The first-order valence-corrected chi connectivity index (χ1v) is 6.83. The van der Waals surface area contributed by atoms with E-state index in [1.165, 1.54) is 6.07 Å². The highest BCUT2D eigenvalue weighted by molar-refractivity contribution is 6.30. The van der Waals surface area contributed by atoms with E-state index < -0.39 is 5.97 Å². The molecule has 0 aliphatic rings. The molecule has 1 aromatic heterocycles. The number of benzene rings is 1. The van der Waals surface area contributed by atoms with Crippen molar-refractivity contribution in [2.24, 2.45) is 0 Å². The van der Waals surface area contributed by atoms with Crippen LogP contribution in [0.3, 0.4) is 0 Å². The van der Waals surface area contributed by atoms with E-state index in [9.17, 15) is 4.79 Å². The van der Waals surface area contributed by atoms with Crippen LogP contribution in [0.15, 0.2) is 30.3 Å². The second-order valence-corrected chi connectivity index (χ2v) is 4.77. The lowest BCUT2D eigenvalue weighted by atomic mass is 10.1. The quantitative estimate of drug-likeness (QED) is 0.625. The summed E-state index contributed by atoms with van der Waals surface area (Å²) in [6.45, 7) is 4.65. The molecule has 1 heterocycles. The molecule has 4 nitrogen and oxygen atoms in total. The van der Waals surface area contributed by atoms with Crippen molar-refractivity contribution in [3.63, 3.8) is 0 Å². The van der Waals surface area contributed by atoms with E-state index in [0.717, 1.165) is 5.39 Å². The van der Waals surface area contributed by atoms with Crippen LogP contribution in [0.5, 0.6) is 0 Å².